The number of hydrogen-bond acceptors (Lipinski definition) is 2. The molecule has 1 aliphatic heterocycles. The molecular weight excluding hydrogens is 236 g/mol. The third-order valence-corrected chi connectivity index (χ3v) is 3.47. The molecule has 1 amide bonds. The zero-order valence-electron chi connectivity index (χ0n) is 12.7. The molecule has 0 saturated carbocycles. The molecule has 1 atom stereocenters. The first-order chi connectivity index (χ1) is 8.62. The zero-order valence-corrected chi connectivity index (χ0v) is 12.7. The van der Waals surface area contributed by atoms with Crippen molar-refractivity contribution in [3.05, 3.63) is 24.3 Å². The van der Waals surface area contributed by atoms with E-state index in [2.05, 4.69) is 57.8 Å². The van der Waals surface area contributed by atoms with E-state index in [1.165, 1.54) is 0 Å². The van der Waals surface area contributed by atoms with Crippen LogP contribution in [0.1, 0.15) is 41.5 Å². The summed E-state index contributed by atoms with van der Waals surface area (Å²) in [5.41, 5.74) is 1.79. The minimum absolute atomic E-state index is 0.0844. The number of carbonyl (C=O) groups excluding carboxylic acids is 1. The van der Waals surface area contributed by atoms with Gasteiger partial charge in [-0.1, -0.05) is 32.9 Å². The van der Waals surface area contributed by atoms with Gasteiger partial charge in [-0.25, -0.2) is 0 Å². The van der Waals surface area contributed by atoms with Crippen molar-refractivity contribution in [1.29, 1.82) is 0 Å². The molecule has 0 spiro atoms. The average Bonchev–Trinajstić information content (AvgIpc) is 2.24. The normalized spacial score (nSPS) is 20.0. The summed E-state index contributed by atoms with van der Waals surface area (Å²) in [5, 5.41) is 3.04. The van der Waals surface area contributed by atoms with Gasteiger partial charge in [0.1, 0.15) is 6.04 Å². The van der Waals surface area contributed by atoms with Crippen LogP contribution in [0.3, 0.4) is 0 Å². The number of para-hydroxylation sites is 2. The largest absolute Gasteiger partial charge is 0.352 e. The highest BCUT2D eigenvalue weighted by Crippen LogP contribution is 2.41. The Kier molecular flexibility index (Phi) is 3.12. The number of fused-ring (bicyclic) bond motifs is 1. The van der Waals surface area contributed by atoms with Crippen LogP contribution in [0.2, 0.25) is 0 Å². The van der Waals surface area contributed by atoms with Crippen molar-refractivity contribution in [2.45, 2.75) is 53.1 Å². The van der Waals surface area contributed by atoms with Crippen LogP contribution in [-0.2, 0) is 4.79 Å². The topological polar surface area (TPSA) is 32.3 Å². The third-order valence-electron chi connectivity index (χ3n) is 3.47. The molecule has 0 aromatic heterocycles. The molecule has 1 N–H and O–H groups in total. The van der Waals surface area contributed by atoms with Crippen LogP contribution in [0.4, 0.5) is 11.4 Å². The van der Waals surface area contributed by atoms with E-state index in [0.717, 1.165) is 11.4 Å². The fourth-order valence-electron chi connectivity index (χ4n) is 2.78. The van der Waals surface area contributed by atoms with Gasteiger partial charge in [0, 0.05) is 5.54 Å². The summed E-state index contributed by atoms with van der Waals surface area (Å²) in [6.07, 6.45) is 0. The molecule has 3 nitrogen and oxygen atoms in total. The van der Waals surface area contributed by atoms with E-state index in [4.69, 9.17) is 0 Å². The lowest BCUT2D eigenvalue weighted by molar-refractivity contribution is -0.120. The maximum atomic E-state index is 12.5. The van der Waals surface area contributed by atoms with Gasteiger partial charge in [0.2, 0.25) is 5.91 Å². The third kappa shape index (κ3) is 2.46. The lowest BCUT2D eigenvalue weighted by Gasteiger charge is -2.50. The number of amides is 1. The van der Waals surface area contributed by atoms with Crippen molar-refractivity contribution < 1.29 is 4.79 Å². The summed E-state index contributed by atoms with van der Waals surface area (Å²) in [7, 11) is 0. The molecule has 0 aliphatic carbocycles. The van der Waals surface area contributed by atoms with Gasteiger partial charge in [0.25, 0.3) is 0 Å². The molecule has 19 heavy (non-hydrogen) atoms. The Labute approximate surface area is 116 Å². The summed E-state index contributed by atoms with van der Waals surface area (Å²) in [6, 6.07) is 7.86. The minimum atomic E-state index is -0.164. The second kappa shape index (κ2) is 4.26. The molecule has 2 rings (SSSR count). The van der Waals surface area contributed by atoms with Gasteiger partial charge in [-0.3, -0.25) is 4.79 Å². The SMILES string of the molecule is CC(C)(C)C1C(=O)Nc2ccccc2N1C(C)(C)C. The summed E-state index contributed by atoms with van der Waals surface area (Å²) >= 11 is 0. The Morgan fingerprint density at radius 3 is 2.16 bits per heavy atom. The second-order valence-corrected chi connectivity index (χ2v) is 7.32. The van der Waals surface area contributed by atoms with Gasteiger partial charge < -0.3 is 10.2 Å². The van der Waals surface area contributed by atoms with Crippen molar-refractivity contribution >= 4 is 17.3 Å². The van der Waals surface area contributed by atoms with Crippen LogP contribution < -0.4 is 10.2 Å². The van der Waals surface area contributed by atoms with Crippen molar-refractivity contribution in [2.75, 3.05) is 10.2 Å². The van der Waals surface area contributed by atoms with E-state index in [-0.39, 0.29) is 22.9 Å². The zero-order chi connectivity index (χ0) is 14.4. The van der Waals surface area contributed by atoms with Gasteiger partial charge in [0.05, 0.1) is 11.4 Å². The summed E-state index contributed by atoms with van der Waals surface area (Å²) in [4.78, 5) is 14.8. The van der Waals surface area contributed by atoms with Crippen LogP contribution in [0.25, 0.3) is 0 Å². The molecule has 1 aromatic carbocycles. The van der Waals surface area contributed by atoms with Gasteiger partial charge in [-0.15, -0.1) is 0 Å². The number of carbonyl (C=O) groups is 1. The fraction of sp³-hybridized carbons (Fsp3) is 0.562. The summed E-state index contributed by atoms with van der Waals surface area (Å²) in [5.74, 6) is 0.0844. The predicted octanol–water partition coefficient (Wildman–Crippen LogP) is 3.66. The standard InChI is InChI=1S/C16H24N2O/c1-15(2,3)13-14(19)17-11-9-7-8-10-12(11)18(13)16(4,5)6/h7-10,13H,1-6H3,(H,17,19). The smallest absolute Gasteiger partial charge is 0.247 e. The van der Waals surface area contributed by atoms with E-state index in [1.807, 2.05) is 18.2 Å². The Bertz CT molecular complexity index is 494. The van der Waals surface area contributed by atoms with Crippen molar-refractivity contribution in [2.24, 2.45) is 5.41 Å². The lowest BCUT2D eigenvalue weighted by atomic mass is 9.81. The van der Waals surface area contributed by atoms with Gasteiger partial charge in [0.15, 0.2) is 0 Å². The summed E-state index contributed by atoms with van der Waals surface area (Å²) < 4.78 is 0. The second-order valence-electron chi connectivity index (χ2n) is 7.32. The lowest BCUT2D eigenvalue weighted by Crippen LogP contribution is -2.61. The van der Waals surface area contributed by atoms with Crippen molar-refractivity contribution in [3.63, 3.8) is 0 Å². The first-order valence-electron chi connectivity index (χ1n) is 6.81. The van der Waals surface area contributed by atoms with E-state index < -0.39 is 0 Å². The number of rotatable bonds is 0. The van der Waals surface area contributed by atoms with E-state index in [1.54, 1.807) is 0 Å². The first-order valence-corrected chi connectivity index (χ1v) is 6.81. The summed E-state index contributed by atoms with van der Waals surface area (Å²) in [6.45, 7) is 12.8. The van der Waals surface area contributed by atoms with Crippen molar-refractivity contribution in [1.82, 2.24) is 0 Å². The Morgan fingerprint density at radius 1 is 1.05 bits per heavy atom. The first kappa shape index (κ1) is 13.9. The number of nitrogens with zero attached hydrogens (tertiary/aromatic N) is 1. The van der Waals surface area contributed by atoms with Crippen LogP contribution in [-0.4, -0.2) is 17.5 Å². The van der Waals surface area contributed by atoms with Gasteiger partial charge >= 0.3 is 0 Å². The minimum Gasteiger partial charge on any atom is -0.352 e. The van der Waals surface area contributed by atoms with Crippen LogP contribution in [0, 0.1) is 5.41 Å². The predicted molar refractivity (Wildman–Crippen MR) is 80.5 cm³/mol. The molecule has 3 heteroatoms. The van der Waals surface area contributed by atoms with E-state index in [0.29, 0.717) is 0 Å². The Balaban J connectivity index is 2.62. The molecule has 1 aliphatic rings. The molecule has 0 radical (unpaired) electrons. The number of anilines is 2. The number of hydrogen-bond donors (Lipinski definition) is 1. The highest BCUT2D eigenvalue weighted by atomic mass is 16.2. The Morgan fingerprint density at radius 2 is 1.63 bits per heavy atom. The maximum absolute atomic E-state index is 12.5. The highest BCUT2D eigenvalue weighted by Gasteiger charge is 2.44. The molecule has 104 valence electrons. The van der Waals surface area contributed by atoms with Crippen LogP contribution in [0.5, 0.6) is 0 Å². The quantitative estimate of drug-likeness (QED) is 0.772. The van der Waals surface area contributed by atoms with Crippen molar-refractivity contribution in [3.8, 4) is 0 Å². The van der Waals surface area contributed by atoms with Crippen LogP contribution >= 0.6 is 0 Å². The molecule has 1 unspecified atom stereocenters. The Hall–Kier alpha value is -1.51. The highest BCUT2D eigenvalue weighted by molar-refractivity contribution is 6.04. The van der Waals surface area contributed by atoms with Gasteiger partial charge in [-0.2, -0.15) is 0 Å². The number of nitrogens with one attached hydrogen (secondary N) is 1. The molecule has 0 fully saturated rings. The monoisotopic (exact) mass is 260 g/mol. The van der Waals surface area contributed by atoms with Crippen LogP contribution in [0.15, 0.2) is 24.3 Å². The average molecular weight is 260 g/mol. The molecular formula is C16H24N2O. The molecule has 0 bridgehead atoms. The van der Waals surface area contributed by atoms with E-state index in [9.17, 15) is 4.79 Å². The molecule has 1 heterocycles. The molecule has 1 aromatic rings. The molecule has 0 saturated heterocycles. The maximum Gasteiger partial charge on any atom is 0.247 e. The van der Waals surface area contributed by atoms with E-state index >= 15 is 0 Å². The number of benzene rings is 1. The fourth-order valence-corrected chi connectivity index (χ4v) is 2.78. The van der Waals surface area contributed by atoms with Gasteiger partial charge in [-0.05, 0) is 38.3 Å².